The molecule has 22 heavy (non-hydrogen) atoms. The predicted octanol–water partition coefficient (Wildman–Crippen LogP) is 1.72. The molecule has 0 aliphatic carbocycles. The second kappa shape index (κ2) is 7.59. The average molecular weight is 303 g/mol. The van der Waals surface area contributed by atoms with E-state index in [2.05, 4.69) is 30.0 Å². The lowest BCUT2D eigenvalue weighted by Crippen LogP contribution is -2.36. The van der Waals surface area contributed by atoms with Crippen molar-refractivity contribution in [2.24, 2.45) is 0 Å². The van der Waals surface area contributed by atoms with Crippen molar-refractivity contribution in [3.63, 3.8) is 0 Å². The molecule has 2 rings (SSSR count). The van der Waals surface area contributed by atoms with Crippen LogP contribution in [0.1, 0.15) is 17.5 Å². The van der Waals surface area contributed by atoms with Gasteiger partial charge in [0.2, 0.25) is 0 Å². The van der Waals surface area contributed by atoms with Crippen molar-refractivity contribution in [2.75, 3.05) is 41.4 Å². The summed E-state index contributed by atoms with van der Waals surface area (Å²) < 4.78 is 10.7. The Balaban J connectivity index is 1.95. The smallest absolute Gasteiger partial charge is 0.136 e. The molecule has 1 fully saturated rings. The van der Waals surface area contributed by atoms with Crippen LogP contribution in [0.2, 0.25) is 0 Å². The van der Waals surface area contributed by atoms with E-state index in [1.54, 1.807) is 14.2 Å². The van der Waals surface area contributed by atoms with Crippen LogP contribution in [0.3, 0.4) is 0 Å². The molecule has 1 aromatic rings. The lowest BCUT2D eigenvalue weighted by Gasteiger charge is -2.25. The average Bonchev–Trinajstić information content (AvgIpc) is 2.87. The van der Waals surface area contributed by atoms with E-state index in [1.165, 1.54) is 0 Å². The summed E-state index contributed by atoms with van der Waals surface area (Å²) in [4.78, 5) is 4.67. The van der Waals surface area contributed by atoms with Crippen LogP contribution < -0.4 is 4.74 Å². The number of ether oxygens (including phenoxy) is 2. The summed E-state index contributed by atoms with van der Waals surface area (Å²) in [5, 5.41) is 9.03. The Morgan fingerprint density at radius 1 is 1.41 bits per heavy atom. The summed E-state index contributed by atoms with van der Waals surface area (Å²) in [6, 6.07) is 8.43. The molecule has 1 aliphatic rings. The Labute approximate surface area is 133 Å². The van der Waals surface area contributed by atoms with Gasteiger partial charge in [0.05, 0.1) is 18.8 Å². The van der Waals surface area contributed by atoms with Crippen molar-refractivity contribution in [1.82, 2.24) is 9.80 Å². The highest BCUT2D eigenvalue weighted by atomic mass is 16.5. The molecule has 0 N–H and O–H groups in total. The Hall–Kier alpha value is -1.61. The first kappa shape index (κ1) is 16.8. The minimum Gasteiger partial charge on any atom is -0.495 e. The SMILES string of the molecule is COc1cc(CN(C)C[C@@H]2C[C@H](OC)CN2C)ccc1C#N. The van der Waals surface area contributed by atoms with Gasteiger partial charge in [0, 0.05) is 32.8 Å². The van der Waals surface area contributed by atoms with Gasteiger partial charge >= 0.3 is 0 Å². The number of hydrogen-bond donors (Lipinski definition) is 0. The van der Waals surface area contributed by atoms with Gasteiger partial charge in [0.1, 0.15) is 11.8 Å². The maximum Gasteiger partial charge on any atom is 0.136 e. The van der Waals surface area contributed by atoms with Crippen molar-refractivity contribution in [2.45, 2.75) is 25.1 Å². The van der Waals surface area contributed by atoms with Crippen LogP contribution in [-0.4, -0.2) is 63.4 Å². The van der Waals surface area contributed by atoms with Gasteiger partial charge in [-0.25, -0.2) is 0 Å². The van der Waals surface area contributed by atoms with Crippen LogP contribution in [0.25, 0.3) is 0 Å². The van der Waals surface area contributed by atoms with Gasteiger partial charge in [-0.1, -0.05) is 6.07 Å². The number of methoxy groups -OCH3 is 2. The molecule has 0 unspecified atom stereocenters. The fourth-order valence-corrected chi connectivity index (χ4v) is 3.08. The molecule has 0 aromatic heterocycles. The molecule has 120 valence electrons. The fourth-order valence-electron chi connectivity index (χ4n) is 3.08. The number of rotatable bonds is 6. The molecule has 1 aromatic carbocycles. The number of hydrogen-bond acceptors (Lipinski definition) is 5. The van der Waals surface area contributed by atoms with Gasteiger partial charge in [-0.05, 0) is 38.2 Å². The first-order valence-electron chi connectivity index (χ1n) is 7.56. The van der Waals surface area contributed by atoms with Crippen LogP contribution in [0, 0.1) is 11.3 Å². The summed E-state index contributed by atoms with van der Waals surface area (Å²) in [7, 11) is 7.66. The van der Waals surface area contributed by atoms with Crippen LogP contribution in [0.5, 0.6) is 5.75 Å². The third-order valence-electron chi connectivity index (χ3n) is 4.34. The summed E-state index contributed by atoms with van der Waals surface area (Å²) in [5.74, 6) is 0.644. The summed E-state index contributed by atoms with van der Waals surface area (Å²) in [5.41, 5.74) is 1.73. The Morgan fingerprint density at radius 2 is 2.18 bits per heavy atom. The molecule has 1 saturated heterocycles. The minimum atomic E-state index is 0.346. The molecule has 5 nitrogen and oxygen atoms in total. The van der Waals surface area contributed by atoms with Gasteiger partial charge in [-0.15, -0.1) is 0 Å². The van der Waals surface area contributed by atoms with Crippen molar-refractivity contribution in [1.29, 1.82) is 5.26 Å². The fraction of sp³-hybridized carbons (Fsp3) is 0.588. The molecule has 0 spiro atoms. The van der Waals surface area contributed by atoms with Crippen LogP contribution in [0.15, 0.2) is 18.2 Å². The van der Waals surface area contributed by atoms with Crippen LogP contribution in [-0.2, 0) is 11.3 Å². The molecule has 0 bridgehead atoms. The molecule has 0 amide bonds. The zero-order chi connectivity index (χ0) is 16.1. The highest BCUT2D eigenvalue weighted by Crippen LogP contribution is 2.22. The van der Waals surface area contributed by atoms with Crippen molar-refractivity contribution in [3.05, 3.63) is 29.3 Å². The molecular weight excluding hydrogens is 278 g/mol. The lowest BCUT2D eigenvalue weighted by molar-refractivity contribution is 0.111. The van der Waals surface area contributed by atoms with E-state index in [9.17, 15) is 0 Å². The number of nitriles is 1. The monoisotopic (exact) mass is 303 g/mol. The second-order valence-electron chi connectivity index (χ2n) is 6.03. The van der Waals surface area contributed by atoms with E-state index in [-0.39, 0.29) is 0 Å². The van der Waals surface area contributed by atoms with Crippen LogP contribution in [0.4, 0.5) is 0 Å². The highest BCUT2D eigenvalue weighted by molar-refractivity contribution is 5.45. The maximum absolute atomic E-state index is 9.03. The maximum atomic E-state index is 9.03. The quantitative estimate of drug-likeness (QED) is 0.801. The standard InChI is InChI=1S/C17H25N3O2/c1-19(11-15-8-16(21-3)12-20(15)2)10-13-5-6-14(9-18)17(7-13)22-4/h5-7,15-16H,8,10-12H2,1-4H3/t15-,16-/m0/s1. The van der Waals surface area contributed by atoms with Crippen molar-refractivity contribution in [3.8, 4) is 11.8 Å². The molecule has 1 heterocycles. The second-order valence-corrected chi connectivity index (χ2v) is 6.03. The molecular formula is C17H25N3O2. The third-order valence-corrected chi connectivity index (χ3v) is 4.34. The Morgan fingerprint density at radius 3 is 2.77 bits per heavy atom. The van der Waals surface area contributed by atoms with Gasteiger partial charge in [0.15, 0.2) is 0 Å². The minimum absolute atomic E-state index is 0.346. The predicted molar refractivity (Wildman–Crippen MR) is 85.9 cm³/mol. The van der Waals surface area contributed by atoms with E-state index >= 15 is 0 Å². The zero-order valence-corrected chi connectivity index (χ0v) is 13.9. The first-order chi connectivity index (χ1) is 10.6. The summed E-state index contributed by atoms with van der Waals surface area (Å²) in [6.07, 6.45) is 1.42. The van der Waals surface area contributed by atoms with Crippen LogP contribution >= 0.6 is 0 Å². The molecule has 0 saturated carbocycles. The van der Waals surface area contributed by atoms with Gasteiger partial charge in [0.25, 0.3) is 0 Å². The van der Waals surface area contributed by atoms with E-state index < -0.39 is 0 Å². The zero-order valence-electron chi connectivity index (χ0n) is 13.9. The summed E-state index contributed by atoms with van der Waals surface area (Å²) >= 11 is 0. The van der Waals surface area contributed by atoms with Gasteiger partial charge in [-0.3, -0.25) is 4.90 Å². The molecule has 1 aliphatic heterocycles. The largest absolute Gasteiger partial charge is 0.495 e. The summed E-state index contributed by atoms with van der Waals surface area (Å²) in [6.45, 7) is 2.84. The highest BCUT2D eigenvalue weighted by Gasteiger charge is 2.29. The van der Waals surface area contributed by atoms with E-state index in [4.69, 9.17) is 14.7 Å². The number of benzene rings is 1. The number of nitrogens with zero attached hydrogens (tertiary/aromatic N) is 3. The number of likely N-dealkylation sites (tertiary alicyclic amines) is 1. The van der Waals surface area contributed by atoms with E-state index in [0.29, 0.717) is 23.5 Å². The van der Waals surface area contributed by atoms with Crippen molar-refractivity contribution >= 4 is 0 Å². The molecule has 5 heteroatoms. The van der Waals surface area contributed by atoms with Gasteiger partial charge in [-0.2, -0.15) is 5.26 Å². The van der Waals surface area contributed by atoms with Crippen molar-refractivity contribution < 1.29 is 9.47 Å². The van der Waals surface area contributed by atoms with E-state index in [1.807, 2.05) is 18.2 Å². The third kappa shape index (κ3) is 3.98. The van der Waals surface area contributed by atoms with Gasteiger partial charge < -0.3 is 14.4 Å². The molecule has 0 radical (unpaired) electrons. The first-order valence-corrected chi connectivity index (χ1v) is 7.56. The Bertz CT molecular complexity index is 541. The number of likely N-dealkylation sites (N-methyl/N-ethyl adjacent to an activating group) is 2. The Kier molecular flexibility index (Phi) is 5.78. The normalized spacial score (nSPS) is 22.0. The lowest BCUT2D eigenvalue weighted by atomic mass is 10.1. The van der Waals surface area contributed by atoms with E-state index in [0.717, 1.165) is 31.6 Å². The topological polar surface area (TPSA) is 48.7 Å². The molecule has 2 atom stereocenters.